The van der Waals surface area contributed by atoms with Crippen molar-refractivity contribution in [2.24, 2.45) is 11.7 Å². The maximum Gasteiger partial charge on any atom is 0.217 e. The maximum atomic E-state index is 10.5. The molecular formula is C8H15NO2. The van der Waals surface area contributed by atoms with E-state index in [0.29, 0.717) is 12.3 Å². The summed E-state index contributed by atoms with van der Waals surface area (Å²) in [5, 5.41) is 9.24. The summed E-state index contributed by atoms with van der Waals surface area (Å²) < 4.78 is 0. The number of amides is 1. The second kappa shape index (κ2) is 3.72. The fourth-order valence-corrected chi connectivity index (χ4v) is 1.73. The van der Waals surface area contributed by atoms with Gasteiger partial charge < -0.3 is 10.8 Å². The van der Waals surface area contributed by atoms with E-state index in [9.17, 15) is 9.90 Å². The Morgan fingerprint density at radius 1 is 1.55 bits per heavy atom. The number of aliphatic hydroxyl groups excluding tert-OH is 1. The summed E-state index contributed by atoms with van der Waals surface area (Å²) >= 11 is 0. The molecule has 3 N–H and O–H groups in total. The van der Waals surface area contributed by atoms with Gasteiger partial charge in [-0.25, -0.2) is 0 Å². The molecule has 1 rings (SSSR count). The molecule has 1 aliphatic carbocycles. The molecule has 0 aromatic carbocycles. The van der Waals surface area contributed by atoms with E-state index < -0.39 is 0 Å². The van der Waals surface area contributed by atoms with Crippen LogP contribution in [0, 0.1) is 5.92 Å². The predicted molar refractivity (Wildman–Crippen MR) is 41.8 cm³/mol. The monoisotopic (exact) mass is 157 g/mol. The van der Waals surface area contributed by atoms with E-state index in [4.69, 9.17) is 5.73 Å². The van der Waals surface area contributed by atoms with Crippen molar-refractivity contribution < 1.29 is 9.90 Å². The van der Waals surface area contributed by atoms with Crippen molar-refractivity contribution in [3.05, 3.63) is 0 Å². The molecular weight excluding hydrogens is 142 g/mol. The lowest BCUT2D eigenvalue weighted by Crippen LogP contribution is -2.24. The maximum absolute atomic E-state index is 10.5. The Bertz CT molecular complexity index is 147. The molecule has 0 aromatic heterocycles. The summed E-state index contributed by atoms with van der Waals surface area (Å²) in [6.45, 7) is 0. The van der Waals surface area contributed by atoms with Gasteiger partial charge in [-0.05, 0) is 25.2 Å². The van der Waals surface area contributed by atoms with Crippen LogP contribution in [0.2, 0.25) is 0 Å². The van der Waals surface area contributed by atoms with E-state index in [1.807, 2.05) is 0 Å². The average molecular weight is 157 g/mol. The molecule has 0 bridgehead atoms. The lowest BCUT2D eigenvalue weighted by molar-refractivity contribution is -0.119. The van der Waals surface area contributed by atoms with E-state index in [1.54, 1.807) is 0 Å². The van der Waals surface area contributed by atoms with Crippen LogP contribution in [0.1, 0.15) is 32.1 Å². The molecule has 0 saturated heterocycles. The van der Waals surface area contributed by atoms with Crippen LogP contribution in [0.25, 0.3) is 0 Å². The summed E-state index contributed by atoms with van der Waals surface area (Å²) in [6.07, 6.45) is 3.95. The molecule has 64 valence electrons. The van der Waals surface area contributed by atoms with Crippen LogP contribution in [0.4, 0.5) is 0 Å². The smallest absolute Gasteiger partial charge is 0.217 e. The van der Waals surface area contributed by atoms with Crippen molar-refractivity contribution in [3.8, 4) is 0 Å². The van der Waals surface area contributed by atoms with Gasteiger partial charge in [0.15, 0.2) is 0 Å². The number of hydrogen-bond donors (Lipinski definition) is 2. The highest BCUT2D eigenvalue weighted by molar-refractivity contribution is 5.73. The van der Waals surface area contributed by atoms with E-state index in [2.05, 4.69) is 0 Å². The zero-order valence-electron chi connectivity index (χ0n) is 6.62. The van der Waals surface area contributed by atoms with Crippen LogP contribution in [0.3, 0.4) is 0 Å². The Morgan fingerprint density at radius 2 is 2.27 bits per heavy atom. The fraction of sp³-hybridized carbons (Fsp3) is 0.875. The summed E-state index contributed by atoms with van der Waals surface area (Å²) in [5.74, 6) is 0.0837. The Labute approximate surface area is 66.6 Å². The first-order valence-electron chi connectivity index (χ1n) is 4.15. The van der Waals surface area contributed by atoms with Crippen LogP contribution >= 0.6 is 0 Å². The van der Waals surface area contributed by atoms with Crippen molar-refractivity contribution in [1.29, 1.82) is 0 Å². The molecule has 1 fully saturated rings. The second-order valence-corrected chi connectivity index (χ2v) is 3.36. The fourth-order valence-electron chi connectivity index (χ4n) is 1.73. The van der Waals surface area contributed by atoms with Gasteiger partial charge in [0.25, 0.3) is 0 Å². The Balaban J connectivity index is 2.28. The van der Waals surface area contributed by atoms with Crippen LogP contribution < -0.4 is 5.73 Å². The van der Waals surface area contributed by atoms with E-state index in [0.717, 1.165) is 25.7 Å². The Morgan fingerprint density at radius 3 is 2.82 bits per heavy atom. The molecule has 0 aliphatic heterocycles. The standard InChI is InChI=1S/C8H15NO2/c9-8(11)5-6-2-1-3-7(10)4-6/h6-7,10H,1-5H2,(H2,9,11)/t6-,7+/m0/s1. The number of primary amides is 1. The first kappa shape index (κ1) is 8.53. The zero-order chi connectivity index (χ0) is 8.27. The third kappa shape index (κ3) is 2.89. The lowest BCUT2D eigenvalue weighted by Gasteiger charge is -2.24. The molecule has 3 heteroatoms. The third-order valence-electron chi connectivity index (χ3n) is 2.24. The van der Waals surface area contributed by atoms with Crippen LogP contribution in [-0.4, -0.2) is 17.1 Å². The zero-order valence-corrected chi connectivity index (χ0v) is 6.62. The van der Waals surface area contributed by atoms with E-state index in [1.165, 1.54) is 0 Å². The molecule has 11 heavy (non-hydrogen) atoms. The number of carbonyl (C=O) groups excluding carboxylic acids is 1. The molecule has 2 atom stereocenters. The lowest BCUT2D eigenvalue weighted by atomic mass is 9.85. The molecule has 1 amide bonds. The van der Waals surface area contributed by atoms with Crippen molar-refractivity contribution >= 4 is 5.91 Å². The molecule has 1 aliphatic rings. The Kier molecular flexibility index (Phi) is 2.88. The molecule has 1 saturated carbocycles. The number of nitrogens with two attached hydrogens (primary N) is 1. The minimum atomic E-state index is -0.246. The molecule has 0 aromatic rings. The molecule has 0 spiro atoms. The number of rotatable bonds is 2. The predicted octanol–water partition coefficient (Wildman–Crippen LogP) is 0.413. The largest absolute Gasteiger partial charge is 0.393 e. The van der Waals surface area contributed by atoms with Gasteiger partial charge in [-0.15, -0.1) is 0 Å². The summed E-state index contributed by atoms with van der Waals surface area (Å²) in [6, 6.07) is 0. The minimum Gasteiger partial charge on any atom is -0.393 e. The molecule has 3 nitrogen and oxygen atoms in total. The van der Waals surface area contributed by atoms with Gasteiger partial charge in [0.1, 0.15) is 0 Å². The summed E-state index contributed by atoms with van der Waals surface area (Å²) in [5.41, 5.74) is 5.05. The number of hydrogen-bond acceptors (Lipinski definition) is 2. The SMILES string of the molecule is NC(=O)C[C@H]1CCC[C@@H](O)C1. The number of aliphatic hydroxyl groups is 1. The first-order valence-corrected chi connectivity index (χ1v) is 4.15. The van der Waals surface area contributed by atoms with Gasteiger partial charge >= 0.3 is 0 Å². The highest BCUT2D eigenvalue weighted by Crippen LogP contribution is 2.26. The van der Waals surface area contributed by atoms with Gasteiger partial charge in [-0.1, -0.05) is 6.42 Å². The Hall–Kier alpha value is -0.570. The first-order chi connectivity index (χ1) is 5.18. The summed E-state index contributed by atoms with van der Waals surface area (Å²) in [4.78, 5) is 10.5. The van der Waals surface area contributed by atoms with Gasteiger partial charge in [0.2, 0.25) is 5.91 Å². The highest BCUT2D eigenvalue weighted by Gasteiger charge is 2.21. The molecule has 0 heterocycles. The quantitative estimate of drug-likeness (QED) is 0.610. The van der Waals surface area contributed by atoms with Gasteiger partial charge in [-0.3, -0.25) is 4.79 Å². The van der Waals surface area contributed by atoms with Crippen LogP contribution in [-0.2, 0) is 4.79 Å². The van der Waals surface area contributed by atoms with Crippen molar-refractivity contribution in [3.63, 3.8) is 0 Å². The van der Waals surface area contributed by atoms with Crippen molar-refractivity contribution in [2.45, 2.75) is 38.2 Å². The molecule has 0 radical (unpaired) electrons. The van der Waals surface area contributed by atoms with Gasteiger partial charge in [0.05, 0.1) is 6.10 Å². The average Bonchev–Trinajstić information content (AvgIpc) is 1.85. The van der Waals surface area contributed by atoms with Gasteiger partial charge in [-0.2, -0.15) is 0 Å². The van der Waals surface area contributed by atoms with Crippen molar-refractivity contribution in [1.82, 2.24) is 0 Å². The van der Waals surface area contributed by atoms with E-state index >= 15 is 0 Å². The topological polar surface area (TPSA) is 63.3 Å². The van der Waals surface area contributed by atoms with Gasteiger partial charge in [0, 0.05) is 6.42 Å². The van der Waals surface area contributed by atoms with Crippen molar-refractivity contribution in [2.75, 3.05) is 0 Å². The van der Waals surface area contributed by atoms with Crippen LogP contribution in [0.15, 0.2) is 0 Å². The van der Waals surface area contributed by atoms with E-state index in [-0.39, 0.29) is 12.0 Å². The molecule has 0 unspecified atom stereocenters. The third-order valence-corrected chi connectivity index (χ3v) is 2.24. The number of carbonyl (C=O) groups is 1. The van der Waals surface area contributed by atoms with Crippen LogP contribution in [0.5, 0.6) is 0 Å². The second-order valence-electron chi connectivity index (χ2n) is 3.36. The summed E-state index contributed by atoms with van der Waals surface area (Å²) in [7, 11) is 0. The normalized spacial score (nSPS) is 31.7. The highest BCUT2D eigenvalue weighted by atomic mass is 16.3. The minimum absolute atomic E-state index is 0.201.